The van der Waals surface area contributed by atoms with Gasteiger partial charge in [-0.05, 0) is 196 Å². The van der Waals surface area contributed by atoms with Gasteiger partial charge in [-0.25, -0.2) is 0 Å². The van der Waals surface area contributed by atoms with E-state index in [1.807, 2.05) is 0 Å². The maximum Gasteiger partial charge on any atom is 0.256 e. The highest BCUT2D eigenvalue weighted by atomic mass is 16.5. The molecular formula is C93H62B2N4O2. The lowest BCUT2D eigenvalue weighted by atomic mass is 9.34. The van der Waals surface area contributed by atoms with Gasteiger partial charge in [0.05, 0.1) is 38.5 Å². The van der Waals surface area contributed by atoms with E-state index in [1.54, 1.807) is 0 Å². The number of benzene rings is 14. The third-order valence-electron chi connectivity index (χ3n) is 24.3. The molecule has 8 heterocycles. The van der Waals surface area contributed by atoms with Crippen molar-refractivity contribution in [2.75, 3.05) is 0 Å². The topological polar surface area (TPSA) is 38.2 Å². The minimum Gasteiger partial charge on any atom is -0.458 e. The maximum atomic E-state index is 7.72. The first kappa shape index (κ1) is 55.0. The van der Waals surface area contributed by atoms with Crippen molar-refractivity contribution in [3.05, 3.63) is 300 Å². The van der Waals surface area contributed by atoms with Crippen LogP contribution in [0.4, 0.5) is 0 Å². The molecule has 0 saturated heterocycles. The Kier molecular flexibility index (Phi) is 10.0. The number of hydrogen-bond acceptors (Lipinski definition) is 2. The van der Waals surface area contributed by atoms with E-state index < -0.39 is 5.41 Å². The Balaban J connectivity index is 0.714. The molecule has 6 aliphatic rings. The molecule has 0 radical (unpaired) electrons. The summed E-state index contributed by atoms with van der Waals surface area (Å²) in [6.07, 6.45) is 0. The highest BCUT2D eigenvalue weighted by Gasteiger charge is 2.55. The van der Waals surface area contributed by atoms with Crippen LogP contribution in [0.2, 0.25) is 0 Å². The smallest absolute Gasteiger partial charge is 0.256 e. The first-order valence-corrected chi connectivity index (χ1v) is 35.8. The van der Waals surface area contributed by atoms with Crippen LogP contribution in [0.15, 0.2) is 267 Å². The van der Waals surface area contributed by atoms with Gasteiger partial charge in [-0.3, -0.25) is 0 Å². The Morgan fingerprint density at radius 1 is 0.277 bits per heavy atom. The fourth-order valence-electron chi connectivity index (χ4n) is 20.1. The summed E-state index contributed by atoms with van der Waals surface area (Å²) in [4.78, 5) is 0. The van der Waals surface area contributed by atoms with E-state index in [0.29, 0.717) is 0 Å². The lowest BCUT2D eigenvalue weighted by Gasteiger charge is -2.37. The van der Waals surface area contributed by atoms with Crippen molar-refractivity contribution < 1.29 is 9.47 Å². The summed E-state index contributed by atoms with van der Waals surface area (Å²) in [5.41, 5.74) is 33.3. The van der Waals surface area contributed by atoms with Crippen LogP contribution in [0.3, 0.4) is 0 Å². The largest absolute Gasteiger partial charge is 0.458 e. The lowest BCUT2D eigenvalue weighted by molar-refractivity contribution is 0.480. The number of hydrogen-bond donors (Lipinski definition) is 0. The van der Waals surface area contributed by atoms with Crippen molar-refractivity contribution in [1.29, 1.82) is 0 Å². The summed E-state index contributed by atoms with van der Waals surface area (Å²) in [7, 11) is 0. The van der Waals surface area contributed by atoms with E-state index in [9.17, 15) is 0 Å². The fourth-order valence-corrected chi connectivity index (χ4v) is 20.1. The van der Waals surface area contributed by atoms with Gasteiger partial charge in [0.15, 0.2) is 0 Å². The summed E-state index contributed by atoms with van der Waals surface area (Å²) in [6, 6.07) is 102. The van der Waals surface area contributed by atoms with Crippen LogP contribution in [-0.4, -0.2) is 31.7 Å². The molecule has 0 bridgehead atoms. The molecule has 24 rings (SSSR count). The monoisotopic (exact) mass is 1290 g/mol. The van der Waals surface area contributed by atoms with Gasteiger partial charge in [-0.1, -0.05) is 211 Å². The van der Waals surface area contributed by atoms with Crippen LogP contribution < -0.4 is 42.3 Å². The van der Waals surface area contributed by atoms with Crippen LogP contribution in [0.1, 0.15) is 74.9 Å². The predicted octanol–water partition coefficient (Wildman–Crippen LogP) is 18.9. The minimum absolute atomic E-state index is 0.101. The van der Waals surface area contributed by atoms with Gasteiger partial charge in [0.25, 0.3) is 13.4 Å². The average molecular weight is 1290 g/mol. The van der Waals surface area contributed by atoms with E-state index >= 15 is 0 Å². The third-order valence-corrected chi connectivity index (χ3v) is 24.3. The summed E-state index contributed by atoms with van der Waals surface area (Å²) < 4.78 is 25.5. The second-order valence-corrected chi connectivity index (χ2v) is 31.4. The van der Waals surface area contributed by atoms with Crippen molar-refractivity contribution in [1.82, 2.24) is 18.3 Å². The standard InChI is InChI=1S/C93H62B2N4O2/c1-91(2,3)51-41-81-87-85(43-51)100-83-49-69-63(47-73(83)94(87)71-31-19-27-61-65-45-53(37-39-79(65)98(81)89(61)71)96-75-33-15-9-23-57(75)58-24-10-16-34-76(58)96)55-21-7-13-29-67(55)93(69)68-30-14-8-22-56(68)64-48-74-84(50-70(64)93)101-86-44-52(92(4,5)6)42-82-88(86)95(74)72-32-20-28-62-66-46-54(38-40-80(66)99(82)90(62)72)97-77-35-17-11-25-59(77)60-26-12-18-36-78(60)97/h7-50H,1-6H3. The van der Waals surface area contributed by atoms with Crippen LogP contribution in [0, 0.1) is 0 Å². The number of rotatable bonds is 2. The van der Waals surface area contributed by atoms with Crippen molar-refractivity contribution >= 4 is 133 Å². The number of aromatic nitrogens is 4. The Morgan fingerprint density at radius 2 is 0.644 bits per heavy atom. The van der Waals surface area contributed by atoms with Gasteiger partial charge in [0, 0.05) is 76.9 Å². The molecule has 4 aromatic heterocycles. The average Bonchev–Trinajstić information content (AvgIpc) is 1.53. The summed E-state index contributed by atoms with van der Waals surface area (Å²) in [5, 5.41) is 10.0. The van der Waals surface area contributed by atoms with Gasteiger partial charge in [-0.2, -0.15) is 0 Å². The zero-order valence-corrected chi connectivity index (χ0v) is 56.7. The highest BCUT2D eigenvalue weighted by molar-refractivity contribution is 7.00. The van der Waals surface area contributed by atoms with Crippen LogP contribution in [0.5, 0.6) is 23.0 Å². The molecule has 4 aliphatic heterocycles. The molecular weight excluding hydrogens is 1230 g/mol. The van der Waals surface area contributed by atoms with Crippen LogP contribution >= 0.6 is 0 Å². The van der Waals surface area contributed by atoms with Crippen LogP contribution in [-0.2, 0) is 16.2 Å². The minimum atomic E-state index is -0.702. The van der Waals surface area contributed by atoms with Gasteiger partial charge >= 0.3 is 0 Å². The quantitative estimate of drug-likeness (QED) is 0.162. The molecule has 18 aromatic rings. The molecule has 0 N–H and O–H groups in total. The Hall–Kier alpha value is -12.0. The normalized spacial score (nSPS) is 14.4. The van der Waals surface area contributed by atoms with Crippen molar-refractivity contribution in [2.45, 2.75) is 57.8 Å². The van der Waals surface area contributed by atoms with Gasteiger partial charge < -0.3 is 27.7 Å². The zero-order valence-electron chi connectivity index (χ0n) is 56.7. The van der Waals surface area contributed by atoms with Crippen molar-refractivity contribution in [3.8, 4) is 68.0 Å². The molecule has 8 heteroatoms. The molecule has 6 nitrogen and oxygen atoms in total. The lowest BCUT2D eigenvalue weighted by Crippen LogP contribution is -2.58. The highest BCUT2D eigenvalue weighted by Crippen LogP contribution is 2.64. The van der Waals surface area contributed by atoms with E-state index in [4.69, 9.17) is 9.47 Å². The second kappa shape index (κ2) is 18.5. The molecule has 0 unspecified atom stereocenters. The maximum absolute atomic E-state index is 7.72. The van der Waals surface area contributed by atoms with Gasteiger partial charge in [-0.15, -0.1) is 0 Å². The Morgan fingerprint density at radius 3 is 1.05 bits per heavy atom. The third kappa shape index (κ3) is 6.69. The first-order chi connectivity index (χ1) is 49.4. The molecule has 14 aromatic carbocycles. The molecule has 0 amide bonds. The SMILES string of the molecule is CC(C)(C)c1cc2c3c(c1)-n1c4ccc(-n5c6ccccc6c6ccccc65)cc4c4cccc(c41)B3c1cc3c(cc1O2)C1(c2ccccc2-3)c2ccccc2-c2cc3c(cc21)Oc1cc(C(C)(C)C)cc2c1B3c1cccc3c4cc(-n5c6ccccc6c6ccccc65)ccc4n-2c13. The molecule has 101 heavy (non-hydrogen) atoms. The van der Waals surface area contributed by atoms with Crippen molar-refractivity contribution in [3.63, 3.8) is 0 Å². The van der Waals surface area contributed by atoms with Gasteiger partial charge in [0.2, 0.25) is 0 Å². The molecule has 0 saturated carbocycles. The Labute approximate surface area is 583 Å². The molecule has 0 fully saturated rings. The number of ether oxygens (including phenoxy) is 2. The number of nitrogens with zero attached hydrogens (tertiary/aromatic N) is 4. The summed E-state index contributed by atoms with van der Waals surface area (Å²) in [5.74, 6) is 3.66. The van der Waals surface area contributed by atoms with E-state index in [-0.39, 0.29) is 24.3 Å². The fraction of sp³-hybridized carbons (Fsp3) is 0.0968. The second-order valence-electron chi connectivity index (χ2n) is 31.4. The van der Waals surface area contributed by atoms with E-state index in [0.717, 1.165) is 34.4 Å². The predicted molar refractivity (Wildman–Crippen MR) is 420 cm³/mol. The molecule has 2 aliphatic carbocycles. The Bertz CT molecular complexity index is 6430. The molecule has 472 valence electrons. The van der Waals surface area contributed by atoms with Crippen LogP contribution in [0.25, 0.3) is 132 Å². The van der Waals surface area contributed by atoms with E-state index in [1.165, 1.54) is 187 Å². The van der Waals surface area contributed by atoms with E-state index in [2.05, 4.69) is 327 Å². The number of fused-ring (bicyclic) bond motifs is 30. The first-order valence-electron chi connectivity index (χ1n) is 35.8. The molecule has 1 spiro atoms. The van der Waals surface area contributed by atoms with Crippen molar-refractivity contribution in [2.24, 2.45) is 0 Å². The summed E-state index contributed by atoms with van der Waals surface area (Å²) >= 11 is 0. The summed E-state index contributed by atoms with van der Waals surface area (Å²) in [6.45, 7) is 13.8. The molecule has 0 atom stereocenters. The van der Waals surface area contributed by atoms with Gasteiger partial charge in [0.1, 0.15) is 23.0 Å². The number of para-hydroxylation sites is 6. The zero-order chi connectivity index (χ0) is 66.6.